The normalized spacial score (nSPS) is 20.8. The van der Waals surface area contributed by atoms with E-state index in [9.17, 15) is 4.79 Å². The molecule has 1 unspecified atom stereocenters. The summed E-state index contributed by atoms with van der Waals surface area (Å²) in [4.78, 5) is 18.0. The molecule has 1 aliphatic rings. The highest BCUT2D eigenvalue weighted by Gasteiger charge is 2.30. The summed E-state index contributed by atoms with van der Waals surface area (Å²) >= 11 is 1.55. The van der Waals surface area contributed by atoms with Gasteiger partial charge in [0.2, 0.25) is 5.91 Å². The minimum atomic E-state index is 0.162. The molecule has 1 fully saturated rings. The van der Waals surface area contributed by atoms with E-state index in [0.717, 1.165) is 17.4 Å². The van der Waals surface area contributed by atoms with Crippen molar-refractivity contribution in [1.82, 2.24) is 4.98 Å². The molecular weight excluding hydrogens is 220 g/mol. The fourth-order valence-electron chi connectivity index (χ4n) is 1.74. The summed E-state index contributed by atoms with van der Waals surface area (Å²) in [6, 6.07) is 0. The van der Waals surface area contributed by atoms with Gasteiger partial charge in [0.25, 0.3) is 0 Å². The van der Waals surface area contributed by atoms with E-state index in [2.05, 4.69) is 25.4 Å². The average molecular weight is 236 g/mol. The lowest BCUT2D eigenvalue weighted by Gasteiger charge is -2.11. The lowest BCUT2D eigenvalue weighted by Crippen LogP contribution is -2.24. The van der Waals surface area contributed by atoms with E-state index in [1.807, 2.05) is 11.5 Å². The summed E-state index contributed by atoms with van der Waals surface area (Å²) in [7, 11) is 0. The van der Waals surface area contributed by atoms with Crippen molar-refractivity contribution in [2.75, 3.05) is 11.4 Å². The van der Waals surface area contributed by atoms with Crippen molar-refractivity contribution in [1.29, 1.82) is 0 Å². The first-order valence-electron chi connectivity index (χ1n) is 5.50. The molecule has 0 radical (unpaired) electrons. The molecule has 1 saturated heterocycles. The molecular formula is C12H16N2OS. The van der Waals surface area contributed by atoms with Crippen LogP contribution in [0.25, 0.3) is 0 Å². The molecule has 0 N–H and O–H groups in total. The van der Waals surface area contributed by atoms with Gasteiger partial charge < -0.3 is 0 Å². The lowest BCUT2D eigenvalue weighted by atomic mass is 10.1. The molecule has 86 valence electrons. The summed E-state index contributed by atoms with van der Waals surface area (Å²) < 4.78 is 0. The number of carbonyl (C=O) groups excluding carboxylic acids is 1. The van der Waals surface area contributed by atoms with Crippen LogP contribution < -0.4 is 4.90 Å². The van der Waals surface area contributed by atoms with E-state index in [1.54, 1.807) is 16.2 Å². The molecule has 1 atom stereocenters. The molecule has 4 heteroatoms. The van der Waals surface area contributed by atoms with Gasteiger partial charge >= 0.3 is 0 Å². The third kappa shape index (κ3) is 2.02. The van der Waals surface area contributed by atoms with Crippen molar-refractivity contribution >= 4 is 22.4 Å². The van der Waals surface area contributed by atoms with E-state index in [0.29, 0.717) is 12.3 Å². The van der Waals surface area contributed by atoms with Crippen molar-refractivity contribution in [3.8, 4) is 0 Å². The minimum Gasteiger partial charge on any atom is -0.288 e. The Morgan fingerprint density at radius 2 is 2.44 bits per heavy atom. The van der Waals surface area contributed by atoms with Crippen LogP contribution in [0.4, 0.5) is 5.13 Å². The first-order chi connectivity index (χ1) is 7.61. The van der Waals surface area contributed by atoms with Gasteiger partial charge in [-0.3, -0.25) is 9.69 Å². The van der Waals surface area contributed by atoms with Gasteiger partial charge in [-0.1, -0.05) is 19.9 Å². The number of amides is 1. The Hall–Kier alpha value is -1.16. The quantitative estimate of drug-likeness (QED) is 0.756. The number of hydrogen-bond donors (Lipinski definition) is 0. The van der Waals surface area contributed by atoms with Crippen LogP contribution in [0, 0.1) is 5.92 Å². The van der Waals surface area contributed by atoms with E-state index < -0.39 is 0 Å². The van der Waals surface area contributed by atoms with Crippen LogP contribution in [0.2, 0.25) is 0 Å². The fourth-order valence-corrected chi connectivity index (χ4v) is 2.76. The molecule has 1 amide bonds. The van der Waals surface area contributed by atoms with E-state index in [4.69, 9.17) is 0 Å². The zero-order valence-corrected chi connectivity index (χ0v) is 10.5. The van der Waals surface area contributed by atoms with Gasteiger partial charge in [0.1, 0.15) is 0 Å². The molecule has 2 rings (SSSR count). The van der Waals surface area contributed by atoms with Gasteiger partial charge in [0, 0.05) is 24.3 Å². The molecule has 0 saturated carbocycles. The van der Waals surface area contributed by atoms with Gasteiger partial charge in [-0.05, 0) is 5.92 Å². The first kappa shape index (κ1) is 11.3. The predicted molar refractivity (Wildman–Crippen MR) is 66.9 cm³/mol. The van der Waals surface area contributed by atoms with Crippen LogP contribution in [0.15, 0.2) is 18.0 Å². The van der Waals surface area contributed by atoms with Crippen molar-refractivity contribution in [3.05, 3.63) is 23.7 Å². The Morgan fingerprint density at radius 3 is 2.94 bits per heavy atom. The highest BCUT2D eigenvalue weighted by Crippen LogP contribution is 2.30. The zero-order chi connectivity index (χ0) is 11.7. The van der Waals surface area contributed by atoms with Gasteiger partial charge in [-0.25, -0.2) is 4.98 Å². The van der Waals surface area contributed by atoms with Crippen molar-refractivity contribution in [2.24, 2.45) is 5.92 Å². The van der Waals surface area contributed by atoms with Crippen LogP contribution in [0.3, 0.4) is 0 Å². The number of anilines is 1. The lowest BCUT2D eigenvalue weighted by molar-refractivity contribution is -0.117. The highest BCUT2D eigenvalue weighted by atomic mass is 32.1. The molecule has 0 spiro atoms. The monoisotopic (exact) mass is 236 g/mol. The summed E-state index contributed by atoms with van der Waals surface area (Å²) in [6.45, 7) is 8.69. The molecule has 0 aliphatic carbocycles. The third-order valence-electron chi connectivity index (χ3n) is 2.82. The maximum atomic E-state index is 11.8. The Balaban J connectivity index is 2.18. The molecule has 1 aliphatic heterocycles. The fraction of sp³-hybridized carbons (Fsp3) is 0.500. The molecule has 0 aromatic carbocycles. The summed E-state index contributed by atoms with van der Waals surface area (Å²) in [5.74, 6) is 0.853. The summed E-state index contributed by atoms with van der Waals surface area (Å²) in [6.07, 6.45) is 2.43. The van der Waals surface area contributed by atoms with E-state index in [1.165, 1.54) is 0 Å². The second-order valence-corrected chi connectivity index (χ2v) is 5.25. The number of hydrogen-bond acceptors (Lipinski definition) is 3. The second-order valence-electron chi connectivity index (χ2n) is 4.41. The Morgan fingerprint density at radius 1 is 1.69 bits per heavy atom. The van der Waals surface area contributed by atoms with Crippen LogP contribution >= 0.6 is 11.3 Å². The largest absolute Gasteiger partial charge is 0.288 e. The summed E-state index contributed by atoms with van der Waals surface area (Å²) in [5.41, 5.74) is 1.06. The Bertz CT molecular complexity index is 411. The number of carbonyl (C=O) groups is 1. The second kappa shape index (κ2) is 4.37. The van der Waals surface area contributed by atoms with Crippen LogP contribution in [-0.2, 0) is 4.79 Å². The topological polar surface area (TPSA) is 33.2 Å². The number of rotatable bonds is 3. The van der Waals surface area contributed by atoms with Gasteiger partial charge in [0.05, 0.1) is 5.69 Å². The maximum absolute atomic E-state index is 11.8. The Labute approximate surface area is 99.8 Å². The molecule has 0 bridgehead atoms. The predicted octanol–water partition coefficient (Wildman–Crippen LogP) is 2.81. The first-order valence-corrected chi connectivity index (χ1v) is 6.38. The Kier molecular flexibility index (Phi) is 3.10. The van der Waals surface area contributed by atoms with Crippen LogP contribution in [0.5, 0.6) is 0 Å². The van der Waals surface area contributed by atoms with Crippen molar-refractivity contribution < 1.29 is 4.79 Å². The van der Waals surface area contributed by atoms with Crippen molar-refractivity contribution in [2.45, 2.75) is 26.2 Å². The van der Waals surface area contributed by atoms with Crippen LogP contribution in [-0.4, -0.2) is 17.4 Å². The summed E-state index contributed by atoms with van der Waals surface area (Å²) in [5, 5.41) is 2.87. The number of nitrogens with zero attached hydrogens (tertiary/aromatic N) is 2. The third-order valence-corrected chi connectivity index (χ3v) is 3.70. The van der Waals surface area contributed by atoms with Gasteiger partial charge in [-0.2, -0.15) is 0 Å². The average Bonchev–Trinajstić information content (AvgIpc) is 2.83. The number of thiazole rings is 1. The standard InChI is InChI=1S/C12H16N2OS/c1-4-9-5-11(15)14(6-9)12-13-10(7-16-12)8(2)3/h4,7-9H,1,5-6H2,2-3H3. The molecule has 16 heavy (non-hydrogen) atoms. The smallest absolute Gasteiger partial charge is 0.229 e. The molecule has 1 aromatic heterocycles. The number of aromatic nitrogens is 1. The molecule has 1 aromatic rings. The molecule has 2 heterocycles. The SMILES string of the molecule is C=CC1CC(=O)N(c2nc(C(C)C)cs2)C1. The van der Waals surface area contributed by atoms with Gasteiger partial charge in [-0.15, -0.1) is 17.9 Å². The van der Waals surface area contributed by atoms with E-state index in [-0.39, 0.29) is 11.8 Å². The zero-order valence-electron chi connectivity index (χ0n) is 9.64. The van der Waals surface area contributed by atoms with E-state index >= 15 is 0 Å². The van der Waals surface area contributed by atoms with Crippen molar-refractivity contribution in [3.63, 3.8) is 0 Å². The minimum absolute atomic E-state index is 0.162. The molecule has 3 nitrogen and oxygen atoms in total. The highest BCUT2D eigenvalue weighted by molar-refractivity contribution is 7.14. The van der Waals surface area contributed by atoms with Gasteiger partial charge in [0.15, 0.2) is 5.13 Å². The maximum Gasteiger partial charge on any atom is 0.229 e. The van der Waals surface area contributed by atoms with Crippen LogP contribution in [0.1, 0.15) is 31.9 Å².